The van der Waals surface area contributed by atoms with E-state index in [9.17, 15) is 44.7 Å². The number of nitrogens with one attached hydrogen (secondary N) is 1. The zero-order valence-corrected chi connectivity index (χ0v) is 25.8. The van der Waals surface area contributed by atoms with Crippen molar-refractivity contribution in [2.45, 2.75) is 68.1 Å². The molecule has 1 amide bonds. The predicted octanol–water partition coefficient (Wildman–Crippen LogP) is 7.48. The van der Waals surface area contributed by atoms with Crippen LogP contribution in [0.4, 0.5) is 35.1 Å². The van der Waals surface area contributed by atoms with E-state index >= 15 is 0 Å². The zero-order chi connectivity index (χ0) is 34.5. The number of carbonyl (C=O) groups is 2. The summed E-state index contributed by atoms with van der Waals surface area (Å²) in [5.41, 5.74) is -2.29. The highest BCUT2D eigenvalue weighted by Crippen LogP contribution is 2.52. The maximum Gasteiger partial charge on any atom is 0.290 e. The minimum absolute atomic E-state index is 0.108. The summed E-state index contributed by atoms with van der Waals surface area (Å²) in [6.45, 7) is -0.746. The fourth-order valence-electron chi connectivity index (χ4n) is 6.21. The van der Waals surface area contributed by atoms with Crippen LogP contribution in [0.3, 0.4) is 0 Å². The van der Waals surface area contributed by atoms with Gasteiger partial charge < -0.3 is 5.32 Å². The van der Waals surface area contributed by atoms with E-state index in [0.717, 1.165) is 29.5 Å². The lowest BCUT2D eigenvalue weighted by Crippen LogP contribution is -2.33. The van der Waals surface area contributed by atoms with E-state index in [1.165, 1.54) is 6.20 Å². The Kier molecular flexibility index (Phi) is 8.81. The third-order valence-corrected chi connectivity index (χ3v) is 8.89. The van der Waals surface area contributed by atoms with Gasteiger partial charge in [-0.2, -0.15) is 13.9 Å². The monoisotopic (exact) mass is 695 g/mol. The number of hydrogen-bond acceptors (Lipinski definition) is 6. The Hall–Kier alpha value is -4.34. The number of ketones is 1. The number of fused-ring (bicyclic) bond motifs is 2. The Labute approximate surface area is 272 Å². The third kappa shape index (κ3) is 6.41. The number of hydrogen-bond donors (Lipinski definition) is 1. The molecular weight excluding hydrogens is 670 g/mol. The molecule has 0 radical (unpaired) electrons. The van der Waals surface area contributed by atoms with Gasteiger partial charge in [-0.15, -0.1) is 0 Å². The van der Waals surface area contributed by atoms with E-state index in [0.29, 0.717) is 29.3 Å². The van der Waals surface area contributed by atoms with Crippen LogP contribution in [0.15, 0.2) is 47.8 Å². The molecule has 1 N–H and O–H groups in total. The molecule has 0 bridgehead atoms. The van der Waals surface area contributed by atoms with Gasteiger partial charge in [-0.05, 0) is 47.6 Å². The first kappa shape index (κ1) is 33.6. The third-order valence-electron chi connectivity index (χ3n) is 8.33. The minimum Gasteiger partial charge on any atom is -0.348 e. The van der Waals surface area contributed by atoms with Gasteiger partial charge in [-0.1, -0.05) is 23.9 Å². The molecule has 2 aliphatic rings. The summed E-state index contributed by atoms with van der Waals surface area (Å²) < 4.78 is 116. The quantitative estimate of drug-likeness (QED) is 0.105. The fourth-order valence-corrected chi connectivity index (χ4v) is 6.56. The lowest BCUT2D eigenvalue weighted by atomic mass is 9.86. The van der Waals surface area contributed by atoms with Crippen LogP contribution in [-0.4, -0.2) is 37.7 Å². The summed E-state index contributed by atoms with van der Waals surface area (Å²) in [4.78, 5) is 34.9. The van der Waals surface area contributed by atoms with Crippen LogP contribution >= 0.6 is 11.8 Å². The molecule has 4 aromatic rings. The normalized spacial score (nSPS) is 16.8. The van der Waals surface area contributed by atoms with Crippen LogP contribution in [0.5, 0.6) is 0 Å². The number of benzene rings is 2. The SMILES string of the molecule is CSc1ncc(-c2ccc3c(c2)C(=O)NC3)c([C@@H](CC(=O)Cn2nc(C(F)F)c3c2C(F)(F)CCC3(F)F)Cc2cc(F)cc(F)c2)n1. The smallest absolute Gasteiger partial charge is 0.290 e. The number of thioether (sulfide) groups is 1. The van der Waals surface area contributed by atoms with Crippen molar-refractivity contribution in [3.8, 4) is 11.1 Å². The minimum atomic E-state index is -4.02. The van der Waals surface area contributed by atoms with Crippen molar-refractivity contribution in [3.63, 3.8) is 0 Å². The second-order valence-corrected chi connectivity index (χ2v) is 12.4. The Balaban J connectivity index is 1.43. The number of Topliss-reactive ketones (excluding diaryl/α,β-unsaturated/α-hetero) is 1. The maximum atomic E-state index is 15.0. The molecule has 7 nitrogen and oxygen atoms in total. The van der Waals surface area contributed by atoms with Crippen LogP contribution in [0, 0.1) is 11.6 Å². The molecule has 252 valence electrons. The van der Waals surface area contributed by atoms with E-state index in [2.05, 4.69) is 20.4 Å². The highest BCUT2D eigenvalue weighted by atomic mass is 32.2. The van der Waals surface area contributed by atoms with Crippen molar-refractivity contribution < 1.29 is 44.7 Å². The average molecular weight is 696 g/mol. The molecule has 2 aromatic carbocycles. The number of carbonyl (C=O) groups excluding carboxylic acids is 2. The van der Waals surface area contributed by atoms with Gasteiger partial charge in [0.25, 0.3) is 24.2 Å². The fraction of sp³-hybridized carbons (Fsp3) is 0.344. The van der Waals surface area contributed by atoms with Crippen molar-refractivity contribution >= 4 is 23.5 Å². The molecule has 6 rings (SSSR count). The van der Waals surface area contributed by atoms with E-state index < -0.39 is 84.4 Å². The summed E-state index contributed by atoms with van der Waals surface area (Å²) in [5.74, 6) is -12.0. The van der Waals surface area contributed by atoms with Crippen LogP contribution in [0.25, 0.3) is 11.1 Å². The molecule has 0 spiro atoms. The summed E-state index contributed by atoms with van der Waals surface area (Å²) in [5, 5.41) is 6.32. The molecule has 48 heavy (non-hydrogen) atoms. The van der Waals surface area contributed by atoms with Crippen molar-refractivity contribution in [1.29, 1.82) is 0 Å². The summed E-state index contributed by atoms with van der Waals surface area (Å²) in [6.07, 6.45) is -3.97. The van der Waals surface area contributed by atoms with Crippen LogP contribution in [-0.2, 0) is 36.1 Å². The maximum absolute atomic E-state index is 15.0. The average Bonchev–Trinajstić information content (AvgIpc) is 3.60. The summed E-state index contributed by atoms with van der Waals surface area (Å²) >= 11 is 1.15. The molecule has 0 saturated carbocycles. The van der Waals surface area contributed by atoms with Gasteiger partial charge in [-0.25, -0.2) is 36.3 Å². The first-order valence-corrected chi connectivity index (χ1v) is 15.8. The summed E-state index contributed by atoms with van der Waals surface area (Å²) in [6, 6.07) is 7.75. The van der Waals surface area contributed by atoms with Crippen molar-refractivity contribution in [3.05, 3.63) is 93.6 Å². The zero-order valence-electron chi connectivity index (χ0n) is 25.0. The van der Waals surface area contributed by atoms with Gasteiger partial charge in [-0.3, -0.25) is 14.3 Å². The van der Waals surface area contributed by atoms with E-state index in [4.69, 9.17) is 0 Å². The van der Waals surface area contributed by atoms with Crippen LogP contribution in [0.2, 0.25) is 0 Å². The Morgan fingerprint density at radius 1 is 1.00 bits per heavy atom. The van der Waals surface area contributed by atoms with Gasteiger partial charge in [0.05, 0.1) is 11.3 Å². The first-order chi connectivity index (χ1) is 22.7. The van der Waals surface area contributed by atoms with E-state index in [1.54, 1.807) is 24.5 Å². The van der Waals surface area contributed by atoms with Gasteiger partial charge in [0, 0.05) is 55.1 Å². The van der Waals surface area contributed by atoms with E-state index in [1.807, 2.05) is 0 Å². The molecule has 2 aromatic heterocycles. The molecule has 0 fully saturated rings. The predicted molar refractivity (Wildman–Crippen MR) is 157 cm³/mol. The molecule has 1 atom stereocenters. The van der Waals surface area contributed by atoms with Gasteiger partial charge in [0.1, 0.15) is 29.6 Å². The van der Waals surface area contributed by atoms with Gasteiger partial charge >= 0.3 is 0 Å². The van der Waals surface area contributed by atoms with Crippen LogP contribution in [0.1, 0.15) is 75.7 Å². The van der Waals surface area contributed by atoms with Crippen LogP contribution < -0.4 is 5.32 Å². The van der Waals surface area contributed by atoms with Crippen molar-refractivity contribution in [1.82, 2.24) is 25.1 Å². The molecule has 1 aliphatic carbocycles. The molecular formula is C32H25F8N5O2S. The molecule has 0 saturated heterocycles. The van der Waals surface area contributed by atoms with Crippen molar-refractivity contribution in [2.75, 3.05) is 6.26 Å². The lowest BCUT2D eigenvalue weighted by molar-refractivity contribution is -0.121. The molecule has 16 heteroatoms. The van der Waals surface area contributed by atoms with E-state index in [-0.39, 0.29) is 33.4 Å². The molecule has 3 heterocycles. The Morgan fingerprint density at radius 2 is 1.71 bits per heavy atom. The lowest BCUT2D eigenvalue weighted by Gasteiger charge is -2.29. The Morgan fingerprint density at radius 3 is 2.40 bits per heavy atom. The highest BCUT2D eigenvalue weighted by Gasteiger charge is 2.55. The molecule has 1 aliphatic heterocycles. The number of alkyl halides is 6. The largest absolute Gasteiger partial charge is 0.348 e. The number of nitrogens with zero attached hydrogens (tertiary/aromatic N) is 4. The molecule has 0 unspecified atom stereocenters. The summed E-state index contributed by atoms with van der Waals surface area (Å²) in [7, 11) is 0. The van der Waals surface area contributed by atoms with Gasteiger partial charge in [0.15, 0.2) is 10.9 Å². The number of amides is 1. The number of halogens is 8. The van der Waals surface area contributed by atoms with Gasteiger partial charge in [0.2, 0.25) is 0 Å². The number of rotatable bonds is 10. The topological polar surface area (TPSA) is 89.8 Å². The highest BCUT2D eigenvalue weighted by molar-refractivity contribution is 7.98. The first-order valence-electron chi connectivity index (χ1n) is 14.6. The second-order valence-electron chi connectivity index (χ2n) is 11.6. The second kappa shape index (κ2) is 12.6. The van der Waals surface area contributed by atoms with Crippen molar-refractivity contribution in [2.24, 2.45) is 0 Å². The number of aromatic nitrogens is 4. The standard InChI is InChI=1S/C32H25F8N5O2S/c1-48-30-42-13-23(16-2-3-17-12-41-29(47)22(17)10-16)25(43-30)18(6-15-7-19(33)11-20(34)8-15)9-21(46)14-45-27-24(26(44-45)28(35)36)31(37,38)4-5-32(27,39)40/h2-3,7-8,10-11,13,18,28H,4-6,9,12,14H2,1H3,(H,41,47)/t18-/m1/s1. The Bertz CT molecular complexity index is 1910.